The van der Waals surface area contributed by atoms with E-state index in [1.807, 2.05) is 13.8 Å². The normalized spacial score (nSPS) is 9.73. The minimum atomic E-state index is -1.05. The van der Waals surface area contributed by atoms with Gasteiger partial charge in [-0.15, -0.1) is 0 Å². The summed E-state index contributed by atoms with van der Waals surface area (Å²) in [7, 11) is 0. The SMILES string of the molecule is CC.CCOC(OCC)C(=O)NNC(=O)c1ccc(Cl)cc1. The smallest absolute Gasteiger partial charge is 0.295 e. The molecular formula is C15H23ClN2O4. The summed E-state index contributed by atoms with van der Waals surface area (Å²) in [5.41, 5.74) is 4.89. The summed E-state index contributed by atoms with van der Waals surface area (Å²) in [6.07, 6.45) is -1.05. The number of ether oxygens (including phenoxy) is 2. The zero-order valence-corrected chi connectivity index (χ0v) is 14.1. The fourth-order valence-electron chi connectivity index (χ4n) is 1.35. The third kappa shape index (κ3) is 7.40. The molecule has 0 radical (unpaired) electrons. The minimum Gasteiger partial charge on any atom is -0.345 e. The summed E-state index contributed by atoms with van der Waals surface area (Å²) in [5, 5.41) is 0.526. The van der Waals surface area contributed by atoms with E-state index < -0.39 is 18.1 Å². The zero-order valence-electron chi connectivity index (χ0n) is 13.3. The number of benzene rings is 1. The number of halogens is 1. The highest BCUT2D eigenvalue weighted by Crippen LogP contribution is 2.09. The summed E-state index contributed by atoms with van der Waals surface area (Å²) < 4.78 is 10.2. The molecule has 0 aliphatic carbocycles. The van der Waals surface area contributed by atoms with Gasteiger partial charge in [0.05, 0.1) is 0 Å². The van der Waals surface area contributed by atoms with Crippen LogP contribution >= 0.6 is 11.6 Å². The summed E-state index contributed by atoms with van der Waals surface area (Å²) in [5.74, 6) is -1.03. The largest absolute Gasteiger partial charge is 0.345 e. The highest BCUT2D eigenvalue weighted by molar-refractivity contribution is 6.30. The van der Waals surface area contributed by atoms with Crippen LogP contribution in [-0.4, -0.2) is 31.3 Å². The molecule has 0 saturated carbocycles. The van der Waals surface area contributed by atoms with E-state index in [1.165, 1.54) is 0 Å². The summed E-state index contributed by atoms with van der Waals surface area (Å²) in [6, 6.07) is 6.27. The first-order chi connectivity index (χ1) is 10.6. The zero-order chi connectivity index (χ0) is 17.0. The fourth-order valence-corrected chi connectivity index (χ4v) is 1.48. The van der Waals surface area contributed by atoms with Crippen molar-refractivity contribution in [1.29, 1.82) is 0 Å². The molecule has 22 heavy (non-hydrogen) atoms. The Balaban J connectivity index is 0.00000211. The van der Waals surface area contributed by atoms with Gasteiger partial charge in [0.1, 0.15) is 0 Å². The number of nitrogens with one attached hydrogen (secondary N) is 2. The van der Waals surface area contributed by atoms with Gasteiger partial charge in [-0.05, 0) is 38.1 Å². The van der Waals surface area contributed by atoms with Gasteiger partial charge in [-0.2, -0.15) is 0 Å². The van der Waals surface area contributed by atoms with Crippen molar-refractivity contribution in [2.45, 2.75) is 34.0 Å². The fraction of sp³-hybridized carbons (Fsp3) is 0.467. The number of amides is 2. The lowest BCUT2D eigenvalue weighted by atomic mass is 10.2. The Hall–Kier alpha value is -1.63. The summed E-state index contributed by atoms with van der Waals surface area (Å²) >= 11 is 5.72. The Kier molecular flexibility index (Phi) is 11.1. The van der Waals surface area contributed by atoms with Gasteiger partial charge in [-0.25, -0.2) is 0 Å². The number of hydrogen-bond acceptors (Lipinski definition) is 4. The van der Waals surface area contributed by atoms with E-state index in [9.17, 15) is 9.59 Å². The van der Waals surface area contributed by atoms with E-state index in [0.717, 1.165) is 0 Å². The van der Waals surface area contributed by atoms with Crippen molar-refractivity contribution in [2.24, 2.45) is 0 Å². The highest BCUT2D eigenvalue weighted by Gasteiger charge is 2.19. The van der Waals surface area contributed by atoms with Crippen molar-refractivity contribution in [3.63, 3.8) is 0 Å². The van der Waals surface area contributed by atoms with Crippen LogP contribution in [0.1, 0.15) is 38.1 Å². The second-order valence-electron chi connectivity index (χ2n) is 3.69. The topological polar surface area (TPSA) is 76.7 Å². The molecule has 7 heteroatoms. The van der Waals surface area contributed by atoms with E-state index in [4.69, 9.17) is 21.1 Å². The summed E-state index contributed by atoms with van der Waals surface area (Å²) in [6.45, 7) is 8.13. The van der Waals surface area contributed by atoms with Gasteiger partial charge in [0.25, 0.3) is 11.8 Å². The molecule has 1 rings (SSSR count). The molecule has 2 N–H and O–H groups in total. The molecule has 0 spiro atoms. The van der Waals surface area contributed by atoms with Gasteiger partial charge in [0.2, 0.25) is 6.29 Å². The van der Waals surface area contributed by atoms with E-state index in [1.54, 1.807) is 38.1 Å². The highest BCUT2D eigenvalue weighted by atomic mass is 35.5. The molecule has 124 valence electrons. The van der Waals surface area contributed by atoms with Crippen molar-refractivity contribution < 1.29 is 19.1 Å². The van der Waals surface area contributed by atoms with E-state index in [0.29, 0.717) is 23.8 Å². The van der Waals surface area contributed by atoms with Gasteiger partial charge < -0.3 is 9.47 Å². The van der Waals surface area contributed by atoms with Crippen molar-refractivity contribution in [3.8, 4) is 0 Å². The number of rotatable bonds is 6. The molecule has 0 aromatic heterocycles. The van der Waals surface area contributed by atoms with Crippen molar-refractivity contribution in [3.05, 3.63) is 34.9 Å². The molecule has 0 aliphatic heterocycles. The monoisotopic (exact) mass is 330 g/mol. The number of hydrazine groups is 1. The van der Waals surface area contributed by atoms with Gasteiger partial charge >= 0.3 is 0 Å². The van der Waals surface area contributed by atoms with Crippen LogP contribution < -0.4 is 10.9 Å². The summed E-state index contributed by atoms with van der Waals surface area (Å²) in [4.78, 5) is 23.5. The van der Waals surface area contributed by atoms with Crippen LogP contribution in [-0.2, 0) is 14.3 Å². The molecule has 2 amide bonds. The van der Waals surface area contributed by atoms with Crippen LogP contribution in [0.3, 0.4) is 0 Å². The molecule has 0 fully saturated rings. The molecule has 0 unspecified atom stereocenters. The van der Waals surface area contributed by atoms with Crippen LogP contribution in [0.15, 0.2) is 24.3 Å². The third-order valence-corrected chi connectivity index (χ3v) is 2.51. The average molecular weight is 331 g/mol. The second kappa shape index (κ2) is 12.0. The molecule has 0 heterocycles. The standard InChI is InChI=1S/C13H17ClN2O4.C2H6/c1-3-19-13(20-4-2)12(18)16-15-11(17)9-5-7-10(14)8-6-9;1-2/h5-8,13H,3-4H2,1-2H3,(H,15,17)(H,16,18);1-2H3. The van der Waals surface area contributed by atoms with Gasteiger partial charge in [0, 0.05) is 23.8 Å². The molecule has 0 atom stereocenters. The first kappa shape index (κ1) is 20.4. The maximum absolute atomic E-state index is 11.7. The first-order valence-corrected chi connectivity index (χ1v) is 7.55. The van der Waals surface area contributed by atoms with Gasteiger partial charge in [-0.1, -0.05) is 25.4 Å². The Labute approximate surface area is 136 Å². The first-order valence-electron chi connectivity index (χ1n) is 7.17. The van der Waals surface area contributed by atoms with Gasteiger partial charge in [0.15, 0.2) is 0 Å². The predicted octanol–water partition coefficient (Wildman–Crippen LogP) is 2.53. The maximum Gasteiger partial charge on any atom is 0.295 e. The van der Waals surface area contributed by atoms with Crippen molar-refractivity contribution in [1.82, 2.24) is 10.9 Å². The van der Waals surface area contributed by atoms with Crippen LogP contribution in [0.2, 0.25) is 5.02 Å². The Morgan fingerprint density at radius 2 is 1.55 bits per heavy atom. The second-order valence-corrected chi connectivity index (χ2v) is 4.13. The van der Waals surface area contributed by atoms with E-state index in [2.05, 4.69) is 10.9 Å². The Morgan fingerprint density at radius 1 is 1.05 bits per heavy atom. The lowest BCUT2D eigenvalue weighted by Gasteiger charge is -2.16. The van der Waals surface area contributed by atoms with Gasteiger partial charge in [-0.3, -0.25) is 20.4 Å². The Bertz CT molecular complexity index is 445. The quantitative estimate of drug-likeness (QED) is 0.620. The number of carbonyl (C=O) groups excluding carboxylic acids is 2. The third-order valence-electron chi connectivity index (χ3n) is 2.26. The lowest BCUT2D eigenvalue weighted by Crippen LogP contribution is -2.48. The van der Waals surface area contributed by atoms with Crippen LogP contribution in [0.25, 0.3) is 0 Å². The Morgan fingerprint density at radius 3 is 2.00 bits per heavy atom. The molecule has 1 aromatic carbocycles. The molecular weight excluding hydrogens is 308 g/mol. The minimum absolute atomic E-state index is 0.323. The molecule has 6 nitrogen and oxygen atoms in total. The maximum atomic E-state index is 11.7. The van der Waals surface area contributed by atoms with Crippen LogP contribution in [0.5, 0.6) is 0 Å². The average Bonchev–Trinajstić information content (AvgIpc) is 2.54. The van der Waals surface area contributed by atoms with Crippen molar-refractivity contribution >= 4 is 23.4 Å². The molecule has 0 saturated heterocycles. The number of hydrogen-bond donors (Lipinski definition) is 2. The van der Waals surface area contributed by atoms with E-state index >= 15 is 0 Å². The van der Waals surface area contributed by atoms with Crippen LogP contribution in [0.4, 0.5) is 0 Å². The predicted molar refractivity (Wildman–Crippen MR) is 85.4 cm³/mol. The molecule has 0 aliphatic rings. The van der Waals surface area contributed by atoms with Crippen LogP contribution in [0, 0.1) is 0 Å². The molecule has 1 aromatic rings. The number of carbonyl (C=O) groups is 2. The van der Waals surface area contributed by atoms with Crippen molar-refractivity contribution in [2.75, 3.05) is 13.2 Å². The molecule has 0 bridgehead atoms. The lowest BCUT2D eigenvalue weighted by molar-refractivity contribution is -0.170. The van der Waals surface area contributed by atoms with E-state index in [-0.39, 0.29) is 0 Å².